The third kappa shape index (κ3) is 3.95. The van der Waals surface area contributed by atoms with E-state index in [4.69, 9.17) is 32.7 Å². The lowest BCUT2D eigenvalue weighted by Crippen LogP contribution is -2.34. The molecule has 2 aromatic rings. The van der Waals surface area contributed by atoms with Crippen molar-refractivity contribution in [2.24, 2.45) is 0 Å². The molecule has 0 saturated carbocycles. The number of nitrogens with zero attached hydrogens (tertiary/aromatic N) is 2. The van der Waals surface area contributed by atoms with Crippen molar-refractivity contribution >= 4 is 40.1 Å². The van der Waals surface area contributed by atoms with E-state index in [9.17, 15) is 4.79 Å². The minimum Gasteiger partial charge on any atom is -0.342 e. The molecule has 1 aromatic carbocycles. The molecule has 2 atom stereocenters. The number of carbonyl (C=O) groups is 1. The Morgan fingerprint density at radius 2 is 2.33 bits per heavy atom. The number of halogens is 2. The number of hydrogen-bond donors (Lipinski definition) is 0. The van der Waals surface area contributed by atoms with E-state index in [0.29, 0.717) is 34.5 Å². The molecule has 0 N–H and O–H groups in total. The van der Waals surface area contributed by atoms with Crippen molar-refractivity contribution in [2.75, 3.05) is 12.4 Å². The van der Waals surface area contributed by atoms with Gasteiger partial charge < -0.3 is 14.0 Å². The molecule has 0 aliphatic carbocycles. The van der Waals surface area contributed by atoms with Gasteiger partial charge >= 0.3 is 0 Å². The average molecular weight is 387 g/mol. The summed E-state index contributed by atoms with van der Waals surface area (Å²) >= 11 is 13.6. The molecule has 0 radical (unpaired) electrons. The second kappa shape index (κ2) is 7.45. The summed E-state index contributed by atoms with van der Waals surface area (Å²) in [5.74, 6) is -0.503. The maximum atomic E-state index is 11.2. The number of benzene rings is 1. The molecule has 8 heteroatoms. The van der Waals surface area contributed by atoms with Crippen LogP contribution in [0.1, 0.15) is 12.5 Å². The van der Waals surface area contributed by atoms with Crippen LogP contribution in [0.2, 0.25) is 10.0 Å². The Bertz CT molecular complexity index is 726. The summed E-state index contributed by atoms with van der Waals surface area (Å²) in [5.41, 5.74) is 0.706. The van der Waals surface area contributed by atoms with Crippen molar-refractivity contribution in [3.8, 4) is 0 Å². The van der Waals surface area contributed by atoms with Gasteiger partial charge in [-0.1, -0.05) is 41.0 Å². The van der Waals surface area contributed by atoms with Crippen molar-refractivity contribution in [2.45, 2.75) is 25.4 Å². The Balaban J connectivity index is 1.89. The van der Waals surface area contributed by atoms with Gasteiger partial charge in [0.25, 0.3) is 0 Å². The molecule has 0 spiro atoms. The summed E-state index contributed by atoms with van der Waals surface area (Å²) in [6, 6.07) is 5.23. The van der Waals surface area contributed by atoms with Crippen LogP contribution in [0.25, 0.3) is 0 Å². The molecule has 1 aliphatic heterocycles. The maximum Gasteiger partial charge on any atom is 0.215 e. The summed E-state index contributed by atoms with van der Waals surface area (Å²) < 4.78 is 14.1. The molecule has 5 nitrogen and oxygen atoms in total. The Labute approximate surface area is 154 Å². The van der Waals surface area contributed by atoms with E-state index >= 15 is 0 Å². The third-order valence-corrected chi connectivity index (χ3v) is 5.12. The number of imidazole rings is 1. The zero-order chi connectivity index (χ0) is 17.2. The lowest BCUT2D eigenvalue weighted by molar-refractivity contribution is -0.184. The molecule has 1 saturated heterocycles. The summed E-state index contributed by atoms with van der Waals surface area (Å²) in [6.07, 6.45) is 5.01. The number of thioether (sulfide) groups is 1. The number of carbonyl (C=O) groups excluding carboxylic acids is 1. The van der Waals surface area contributed by atoms with Crippen LogP contribution in [-0.4, -0.2) is 33.1 Å². The summed E-state index contributed by atoms with van der Waals surface area (Å²) in [7, 11) is 0. The van der Waals surface area contributed by atoms with Crippen molar-refractivity contribution in [3.63, 3.8) is 0 Å². The fourth-order valence-electron chi connectivity index (χ4n) is 2.59. The van der Waals surface area contributed by atoms with E-state index in [1.165, 1.54) is 18.7 Å². The number of rotatable bonds is 5. The van der Waals surface area contributed by atoms with Crippen LogP contribution in [0, 0.1) is 0 Å². The highest BCUT2D eigenvalue weighted by atomic mass is 35.5. The first-order chi connectivity index (χ1) is 11.5. The highest BCUT2D eigenvalue weighted by Gasteiger charge is 2.45. The first-order valence-corrected chi connectivity index (χ1v) is 9.09. The van der Waals surface area contributed by atoms with Gasteiger partial charge in [-0.15, -0.1) is 0 Å². The van der Waals surface area contributed by atoms with Crippen LogP contribution in [-0.2, 0) is 26.6 Å². The molecule has 3 rings (SSSR count). The summed E-state index contributed by atoms with van der Waals surface area (Å²) in [4.78, 5) is 15.3. The monoisotopic (exact) mass is 386 g/mol. The predicted molar refractivity (Wildman–Crippen MR) is 94.3 cm³/mol. The van der Waals surface area contributed by atoms with Gasteiger partial charge in [0.1, 0.15) is 0 Å². The van der Waals surface area contributed by atoms with Gasteiger partial charge in [0.05, 0.1) is 30.6 Å². The van der Waals surface area contributed by atoms with Crippen molar-refractivity contribution in [3.05, 3.63) is 52.5 Å². The lowest BCUT2D eigenvalue weighted by Gasteiger charge is -2.29. The highest BCUT2D eigenvalue weighted by molar-refractivity contribution is 8.13. The smallest absolute Gasteiger partial charge is 0.215 e. The van der Waals surface area contributed by atoms with Crippen molar-refractivity contribution < 1.29 is 14.3 Å². The summed E-state index contributed by atoms with van der Waals surface area (Å²) in [5, 5.41) is 1.07. The van der Waals surface area contributed by atoms with Gasteiger partial charge in [-0.2, -0.15) is 0 Å². The summed E-state index contributed by atoms with van der Waals surface area (Å²) in [6.45, 7) is 2.32. The van der Waals surface area contributed by atoms with Gasteiger partial charge in [-0.05, 0) is 12.1 Å². The lowest BCUT2D eigenvalue weighted by atomic mass is 10.1. The first-order valence-electron chi connectivity index (χ1n) is 7.35. The van der Waals surface area contributed by atoms with Crippen LogP contribution in [0.15, 0.2) is 36.9 Å². The van der Waals surface area contributed by atoms with Gasteiger partial charge in [-0.25, -0.2) is 4.98 Å². The van der Waals surface area contributed by atoms with Crippen LogP contribution in [0.5, 0.6) is 0 Å². The second-order valence-corrected chi connectivity index (χ2v) is 7.51. The Morgan fingerprint density at radius 1 is 1.50 bits per heavy atom. The van der Waals surface area contributed by atoms with E-state index < -0.39 is 5.79 Å². The topological polar surface area (TPSA) is 53.4 Å². The fourth-order valence-corrected chi connectivity index (χ4v) is 3.72. The first kappa shape index (κ1) is 17.8. The Morgan fingerprint density at radius 3 is 3.00 bits per heavy atom. The Kier molecular flexibility index (Phi) is 5.52. The standard InChI is InChI=1S/C16H16Cl2N2O3S/c1-11(21)24-8-13-7-22-16(23-13,9-20-5-4-19-10-20)14-3-2-12(17)6-15(14)18/h2-6,10,13H,7-9H2,1H3/t13-,16+/m1/s1. The highest BCUT2D eigenvalue weighted by Crippen LogP contribution is 2.41. The van der Waals surface area contributed by atoms with Gasteiger partial charge in [-0.3, -0.25) is 4.79 Å². The number of ether oxygens (including phenoxy) is 2. The van der Waals surface area contributed by atoms with Crippen molar-refractivity contribution in [1.29, 1.82) is 0 Å². The van der Waals surface area contributed by atoms with Crippen LogP contribution in [0.4, 0.5) is 0 Å². The number of hydrogen-bond acceptors (Lipinski definition) is 5. The normalized spacial score (nSPS) is 23.5. The van der Waals surface area contributed by atoms with Crippen LogP contribution < -0.4 is 0 Å². The molecule has 2 heterocycles. The second-order valence-electron chi connectivity index (χ2n) is 5.47. The minimum absolute atomic E-state index is 0.0511. The molecule has 1 aromatic heterocycles. The van der Waals surface area contributed by atoms with E-state index in [-0.39, 0.29) is 11.2 Å². The predicted octanol–water partition coefficient (Wildman–Crippen LogP) is 3.74. The SMILES string of the molecule is CC(=O)SC[C@H]1CO[C@](Cn2ccnc2)(c2ccc(Cl)cc2Cl)O1. The zero-order valence-corrected chi connectivity index (χ0v) is 15.3. The molecular formula is C16H16Cl2N2O3S. The molecule has 0 bridgehead atoms. The molecule has 128 valence electrons. The van der Waals surface area contributed by atoms with Gasteiger partial charge in [0, 0.05) is 35.7 Å². The van der Waals surface area contributed by atoms with Gasteiger partial charge in [0.2, 0.25) is 5.79 Å². The van der Waals surface area contributed by atoms with E-state index in [0.717, 1.165) is 0 Å². The molecule has 0 unspecified atom stereocenters. The number of aromatic nitrogens is 2. The van der Waals surface area contributed by atoms with E-state index in [1.54, 1.807) is 24.7 Å². The molecule has 0 amide bonds. The average Bonchev–Trinajstić information content (AvgIpc) is 3.16. The fraction of sp³-hybridized carbons (Fsp3) is 0.375. The van der Waals surface area contributed by atoms with E-state index in [2.05, 4.69) is 4.98 Å². The molecule has 1 aliphatic rings. The quantitative estimate of drug-likeness (QED) is 0.783. The Hall–Kier alpha value is -1.05. The zero-order valence-electron chi connectivity index (χ0n) is 12.9. The third-order valence-electron chi connectivity index (χ3n) is 3.62. The van der Waals surface area contributed by atoms with Crippen LogP contribution in [0.3, 0.4) is 0 Å². The van der Waals surface area contributed by atoms with E-state index in [1.807, 2.05) is 16.8 Å². The largest absolute Gasteiger partial charge is 0.342 e. The maximum absolute atomic E-state index is 11.2. The van der Waals surface area contributed by atoms with Crippen LogP contribution >= 0.6 is 35.0 Å². The van der Waals surface area contributed by atoms with Crippen molar-refractivity contribution in [1.82, 2.24) is 9.55 Å². The molecule has 1 fully saturated rings. The minimum atomic E-state index is -1.04. The molecular weight excluding hydrogens is 371 g/mol. The van der Waals surface area contributed by atoms with Gasteiger partial charge in [0.15, 0.2) is 5.12 Å². The molecule has 24 heavy (non-hydrogen) atoms.